The van der Waals surface area contributed by atoms with Crippen LogP contribution in [-0.2, 0) is 4.74 Å². The summed E-state index contributed by atoms with van der Waals surface area (Å²) >= 11 is 0. The second-order valence-electron chi connectivity index (χ2n) is 5.54. The zero-order valence-corrected chi connectivity index (χ0v) is 12.2. The minimum absolute atomic E-state index is 0.769. The Labute approximate surface area is 116 Å². The fourth-order valence-corrected chi connectivity index (χ4v) is 2.73. The Kier molecular flexibility index (Phi) is 5.67. The van der Waals surface area contributed by atoms with Crippen molar-refractivity contribution in [1.82, 2.24) is 4.90 Å². The van der Waals surface area contributed by atoms with E-state index in [0.29, 0.717) is 0 Å². The molecule has 1 heterocycles. The Bertz CT molecular complexity index is 373. The number of likely N-dealkylation sites (tertiary alicyclic amines) is 1. The smallest absolute Gasteiger partial charge is 0.0491 e. The number of methoxy groups -OCH3 is 1. The van der Waals surface area contributed by atoms with E-state index >= 15 is 0 Å². The van der Waals surface area contributed by atoms with Crippen molar-refractivity contribution in [3.05, 3.63) is 29.8 Å². The van der Waals surface area contributed by atoms with Gasteiger partial charge in [0.2, 0.25) is 0 Å². The lowest BCUT2D eigenvalue weighted by Gasteiger charge is -2.31. The maximum atomic E-state index is 5.24. The van der Waals surface area contributed by atoms with Gasteiger partial charge in [-0.05, 0) is 56.5 Å². The molecule has 0 spiro atoms. The lowest BCUT2D eigenvalue weighted by molar-refractivity contribution is 0.101. The number of hydrogen-bond donors (Lipinski definition) is 1. The molecule has 19 heavy (non-hydrogen) atoms. The van der Waals surface area contributed by atoms with Gasteiger partial charge in [0.25, 0.3) is 0 Å². The SMILES string of the molecule is COCC1CCN(CCNc2cccc(C)c2)CC1. The summed E-state index contributed by atoms with van der Waals surface area (Å²) in [6, 6.07) is 8.57. The highest BCUT2D eigenvalue weighted by Crippen LogP contribution is 2.17. The summed E-state index contributed by atoms with van der Waals surface area (Å²) in [6.45, 7) is 7.64. The number of piperidine rings is 1. The van der Waals surface area contributed by atoms with Crippen molar-refractivity contribution in [2.45, 2.75) is 19.8 Å². The molecule has 0 radical (unpaired) electrons. The maximum absolute atomic E-state index is 5.24. The van der Waals surface area contributed by atoms with Gasteiger partial charge < -0.3 is 15.0 Å². The monoisotopic (exact) mass is 262 g/mol. The number of nitrogens with zero attached hydrogens (tertiary/aromatic N) is 1. The van der Waals surface area contributed by atoms with E-state index in [1.54, 1.807) is 7.11 Å². The molecule has 1 aromatic carbocycles. The Morgan fingerprint density at radius 3 is 2.79 bits per heavy atom. The first-order valence-corrected chi connectivity index (χ1v) is 7.30. The van der Waals surface area contributed by atoms with Gasteiger partial charge in [-0.25, -0.2) is 0 Å². The third-order valence-corrected chi connectivity index (χ3v) is 3.88. The van der Waals surface area contributed by atoms with Crippen LogP contribution in [0.1, 0.15) is 18.4 Å². The van der Waals surface area contributed by atoms with Gasteiger partial charge >= 0.3 is 0 Å². The molecule has 0 saturated carbocycles. The van der Waals surface area contributed by atoms with Crippen LogP contribution in [0.3, 0.4) is 0 Å². The van der Waals surface area contributed by atoms with Crippen LogP contribution in [0.25, 0.3) is 0 Å². The van der Waals surface area contributed by atoms with Gasteiger partial charge in [-0.3, -0.25) is 0 Å². The van der Waals surface area contributed by atoms with Gasteiger partial charge in [-0.15, -0.1) is 0 Å². The van der Waals surface area contributed by atoms with E-state index < -0.39 is 0 Å². The van der Waals surface area contributed by atoms with Crippen LogP contribution in [0.5, 0.6) is 0 Å². The molecule has 3 nitrogen and oxygen atoms in total. The van der Waals surface area contributed by atoms with E-state index in [1.807, 2.05) is 0 Å². The van der Waals surface area contributed by atoms with Gasteiger partial charge in [0.05, 0.1) is 0 Å². The fraction of sp³-hybridized carbons (Fsp3) is 0.625. The van der Waals surface area contributed by atoms with Gasteiger partial charge in [-0.2, -0.15) is 0 Å². The molecule has 1 fully saturated rings. The van der Waals surface area contributed by atoms with Crippen molar-refractivity contribution >= 4 is 5.69 Å². The predicted molar refractivity (Wildman–Crippen MR) is 80.7 cm³/mol. The number of benzene rings is 1. The van der Waals surface area contributed by atoms with Crippen molar-refractivity contribution in [2.75, 3.05) is 45.2 Å². The molecule has 0 aliphatic carbocycles. The summed E-state index contributed by atoms with van der Waals surface area (Å²) in [5.41, 5.74) is 2.54. The molecule has 3 heteroatoms. The normalized spacial score (nSPS) is 17.6. The van der Waals surface area contributed by atoms with Crippen LogP contribution in [0.15, 0.2) is 24.3 Å². The van der Waals surface area contributed by atoms with Crippen molar-refractivity contribution in [2.24, 2.45) is 5.92 Å². The van der Waals surface area contributed by atoms with E-state index in [9.17, 15) is 0 Å². The maximum Gasteiger partial charge on any atom is 0.0491 e. The van der Waals surface area contributed by atoms with Gasteiger partial charge in [0.1, 0.15) is 0 Å². The Morgan fingerprint density at radius 1 is 1.32 bits per heavy atom. The van der Waals surface area contributed by atoms with Crippen LogP contribution in [0.2, 0.25) is 0 Å². The van der Waals surface area contributed by atoms with Crippen molar-refractivity contribution in [1.29, 1.82) is 0 Å². The minimum atomic E-state index is 0.769. The number of rotatable bonds is 6. The highest BCUT2D eigenvalue weighted by molar-refractivity contribution is 5.45. The largest absolute Gasteiger partial charge is 0.384 e. The molecule has 1 saturated heterocycles. The summed E-state index contributed by atoms with van der Waals surface area (Å²) in [5, 5.41) is 3.50. The second-order valence-corrected chi connectivity index (χ2v) is 5.54. The molecule has 106 valence electrons. The first-order chi connectivity index (χ1) is 9.28. The Balaban J connectivity index is 1.64. The number of aryl methyl sites for hydroxylation is 1. The summed E-state index contributed by atoms with van der Waals surface area (Å²) in [7, 11) is 1.80. The van der Waals surface area contributed by atoms with Crippen LogP contribution >= 0.6 is 0 Å². The van der Waals surface area contributed by atoms with Crippen LogP contribution in [0, 0.1) is 12.8 Å². The molecule has 1 N–H and O–H groups in total. The van der Waals surface area contributed by atoms with E-state index in [2.05, 4.69) is 41.4 Å². The van der Waals surface area contributed by atoms with E-state index in [4.69, 9.17) is 4.74 Å². The zero-order chi connectivity index (χ0) is 13.5. The van der Waals surface area contributed by atoms with Crippen LogP contribution in [0.4, 0.5) is 5.69 Å². The summed E-state index contributed by atoms with van der Waals surface area (Å²) in [6.07, 6.45) is 2.55. The standard InChI is InChI=1S/C16H26N2O/c1-14-4-3-5-16(12-14)17-8-11-18-9-6-15(7-10-18)13-19-2/h3-5,12,15,17H,6-11,13H2,1-2H3. The molecule has 0 amide bonds. The molecule has 0 bridgehead atoms. The topological polar surface area (TPSA) is 24.5 Å². The third kappa shape index (κ3) is 4.84. The lowest BCUT2D eigenvalue weighted by atomic mass is 9.98. The van der Waals surface area contributed by atoms with Crippen LogP contribution in [-0.4, -0.2) is 44.8 Å². The van der Waals surface area contributed by atoms with E-state index in [-0.39, 0.29) is 0 Å². The molecule has 2 rings (SSSR count). The van der Waals surface area contributed by atoms with E-state index in [1.165, 1.54) is 37.2 Å². The number of nitrogens with one attached hydrogen (secondary N) is 1. The summed E-state index contributed by atoms with van der Waals surface area (Å²) in [4.78, 5) is 2.55. The van der Waals surface area contributed by atoms with Crippen molar-refractivity contribution in [3.8, 4) is 0 Å². The highest BCUT2D eigenvalue weighted by atomic mass is 16.5. The molecule has 0 aromatic heterocycles. The lowest BCUT2D eigenvalue weighted by Crippen LogP contribution is -2.37. The highest BCUT2D eigenvalue weighted by Gasteiger charge is 2.18. The average molecular weight is 262 g/mol. The van der Waals surface area contributed by atoms with E-state index in [0.717, 1.165) is 25.6 Å². The van der Waals surface area contributed by atoms with Gasteiger partial charge in [0, 0.05) is 32.5 Å². The number of anilines is 1. The molecule has 0 atom stereocenters. The first kappa shape index (κ1) is 14.4. The Morgan fingerprint density at radius 2 is 2.11 bits per heavy atom. The van der Waals surface area contributed by atoms with Gasteiger partial charge in [-0.1, -0.05) is 12.1 Å². The van der Waals surface area contributed by atoms with Crippen molar-refractivity contribution in [3.63, 3.8) is 0 Å². The molecule has 1 aliphatic rings. The summed E-state index contributed by atoms with van der Waals surface area (Å²) < 4.78 is 5.24. The quantitative estimate of drug-likeness (QED) is 0.853. The molecule has 1 aromatic rings. The number of hydrogen-bond acceptors (Lipinski definition) is 3. The minimum Gasteiger partial charge on any atom is -0.384 e. The number of ether oxygens (including phenoxy) is 1. The zero-order valence-electron chi connectivity index (χ0n) is 12.2. The summed E-state index contributed by atoms with van der Waals surface area (Å²) in [5.74, 6) is 0.769. The average Bonchev–Trinajstić information content (AvgIpc) is 2.41. The second kappa shape index (κ2) is 7.51. The van der Waals surface area contributed by atoms with Crippen molar-refractivity contribution < 1.29 is 4.74 Å². The Hall–Kier alpha value is -1.06. The molecule has 1 aliphatic heterocycles. The molecular formula is C16H26N2O. The van der Waals surface area contributed by atoms with Crippen LogP contribution < -0.4 is 5.32 Å². The fourth-order valence-electron chi connectivity index (χ4n) is 2.73. The molecular weight excluding hydrogens is 236 g/mol. The predicted octanol–water partition coefficient (Wildman–Crippen LogP) is 2.77. The molecule has 0 unspecified atom stereocenters. The van der Waals surface area contributed by atoms with Gasteiger partial charge in [0.15, 0.2) is 0 Å². The first-order valence-electron chi connectivity index (χ1n) is 7.30. The third-order valence-electron chi connectivity index (χ3n) is 3.88.